The highest BCUT2D eigenvalue weighted by Crippen LogP contribution is 2.15. The number of allylic oxidation sites excluding steroid dienone is 18. The second-order valence-electron chi connectivity index (χ2n) is 19.9. The monoisotopic (exact) mass is 1010 g/mol. The van der Waals surface area contributed by atoms with Crippen LogP contribution in [0.4, 0.5) is 0 Å². The first-order valence-corrected chi connectivity index (χ1v) is 30.4. The van der Waals surface area contributed by atoms with Gasteiger partial charge in [-0.2, -0.15) is 0 Å². The zero-order valence-corrected chi connectivity index (χ0v) is 47.6. The molecular weight excluding hydrogens is 901 g/mol. The number of unbranched alkanes of at least 4 members (excludes halogenated alkanes) is 25. The standard InChI is InChI=1S/C67H112O6/c1-4-7-10-13-16-19-21-23-25-27-28-29-30-31-32-33-34-35-36-37-38-40-41-43-45-48-51-54-57-60-66(69)72-63-64(62-71-65(68)59-56-53-50-47-18-15-12-9-6-3)73-67(70)61-58-55-52-49-46-44-42-39-26-24-22-20-17-14-11-8-5-2/h7-8,10-11,16-17,19-20,23-26,28-29,31-32,34-35,64H,4-6,9,12-15,18,21-22,27,30,33,36-63H2,1-3H3/b10-7-,11-8-,19-16-,20-17-,25-23-,26-24-,29-28-,32-31-,35-34-. The van der Waals surface area contributed by atoms with Crippen molar-refractivity contribution < 1.29 is 28.6 Å². The van der Waals surface area contributed by atoms with Crippen LogP contribution >= 0.6 is 0 Å². The van der Waals surface area contributed by atoms with E-state index in [4.69, 9.17) is 14.2 Å². The number of hydrogen-bond acceptors (Lipinski definition) is 6. The minimum absolute atomic E-state index is 0.0821. The van der Waals surface area contributed by atoms with Crippen LogP contribution in [-0.2, 0) is 28.6 Å². The zero-order valence-electron chi connectivity index (χ0n) is 47.6. The number of carbonyl (C=O) groups excluding carboxylic acids is 3. The molecule has 0 heterocycles. The Kier molecular flexibility index (Phi) is 57.4. The van der Waals surface area contributed by atoms with Crippen molar-refractivity contribution in [2.24, 2.45) is 0 Å². The number of esters is 3. The molecule has 0 aliphatic heterocycles. The molecule has 6 heteroatoms. The maximum Gasteiger partial charge on any atom is 0.306 e. The number of ether oxygens (including phenoxy) is 3. The first-order chi connectivity index (χ1) is 36.0. The van der Waals surface area contributed by atoms with Crippen LogP contribution in [-0.4, -0.2) is 37.2 Å². The maximum absolute atomic E-state index is 12.8. The quantitative estimate of drug-likeness (QED) is 0.0261. The molecule has 0 aromatic rings. The molecule has 0 fully saturated rings. The fraction of sp³-hybridized carbons (Fsp3) is 0.687. The highest BCUT2D eigenvalue weighted by molar-refractivity contribution is 5.71. The van der Waals surface area contributed by atoms with E-state index in [1.165, 1.54) is 116 Å². The topological polar surface area (TPSA) is 78.9 Å². The Hall–Kier alpha value is -3.93. The predicted octanol–water partition coefficient (Wildman–Crippen LogP) is 20.7. The van der Waals surface area contributed by atoms with Gasteiger partial charge in [-0.3, -0.25) is 14.4 Å². The Balaban J connectivity index is 4.22. The van der Waals surface area contributed by atoms with Gasteiger partial charge in [0.2, 0.25) is 0 Å². The molecule has 0 saturated carbocycles. The largest absolute Gasteiger partial charge is 0.462 e. The molecule has 0 rings (SSSR count). The lowest BCUT2D eigenvalue weighted by Gasteiger charge is -2.18. The van der Waals surface area contributed by atoms with E-state index >= 15 is 0 Å². The molecule has 416 valence electrons. The molecule has 0 saturated heterocycles. The third-order valence-corrected chi connectivity index (χ3v) is 12.8. The fourth-order valence-corrected chi connectivity index (χ4v) is 8.28. The molecule has 0 aliphatic carbocycles. The Bertz CT molecular complexity index is 1490. The van der Waals surface area contributed by atoms with E-state index in [0.717, 1.165) is 122 Å². The first-order valence-electron chi connectivity index (χ1n) is 30.4. The Morgan fingerprint density at radius 1 is 0.288 bits per heavy atom. The van der Waals surface area contributed by atoms with Crippen molar-refractivity contribution in [1.29, 1.82) is 0 Å². The van der Waals surface area contributed by atoms with Gasteiger partial charge in [0, 0.05) is 19.3 Å². The molecule has 1 unspecified atom stereocenters. The average molecular weight is 1010 g/mol. The molecule has 0 aromatic heterocycles. The molecular formula is C67H112O6. The lowest BCUT2D eigenvalue weighted by molar-refractivity contribution is -0.167. The van der Waals surface area contributed by atoms with Gasteiger partial charge in [0.05, 0.1) is 0 Å². The first kappa shape index (κ1) is 69.1. The average Bonchev–Trinajstić information content (AvgIpc) is 3.39. The van der Waals surface area contributed by atoms with Gasteiger partial charge >= 0.3 is 17.9 Å². The van der Waals surface area contributed by atoms with Crippen LogP contribution in [0.5, 0.6) is 0 Å². The van der Waals surface area contributed by atoms with Crippen molar-refractivity contribution in [3.05, 3.63) is 109 Å². The van der Waals surface area contributed by atoms with Gasteiger partial charge in [0.15, 0.2) is 6.10 Å². The van der Waals surface area contributed by atoms with Crippen LogP contribution < -0.4 is 0 Å². The molecule has 0 N–H and O–H groups in total. The van der Waals surface area contributed by atoms with Gasteiger partial charge in [-0.15, -0.1) is 0 Å². The van der Waals surface area contributed by atoms with E-state index < -0.39 is 6.10 Å². The molecule has 0 radical (unpaired) electrons. The summed E-state index contributed by atoms with van der Waals surface area (Å²) in [4.78, 5) is 38.1. The Morgan fingerprint density at radius 3 is 0.836 bits per heavy atom. The van der Waals surface area contributed by atoms with Crippen LogP contribution in [0.25, 0.3) is 0 Å². The van der Waals surface area contributed by atoms with Gasteiger partial charge in [0.25, 0.3) is 0 Å². The van der Waals surface area contributed by atoms with E-state index in [2.05, 4.69) is 130 Å². The van der Waals surface area contributed by atoms with E-state index in [9.17, 15) is 14.4 Å². The second-order valence-corrected chi connectivity index (χ2v) is 19.9. The fourth-order valence-electron chi connectivity index (χ4n) is 8.28. The number of hydrogen-bond donors (Lipinski definition) is 0. The maximum atomic E-state index is 12.8. The van der Waals surface area contributed by atoms with E-state index in [1.807, 2.05) is 0 Å². The molecule has 0 bridgehead atoms. The molecule has 73 heavy (non-hydrogen) atoms. The predicted molar refractivity (Wildman–Crippen MR) is 316 cm³/mol. The summed E-state index contributed by atoms with van der Waals surface area (Å²) in [6, 6.07) is 0. The van der Waals surface area contributed by atoms with Gasteiger partial charge < -0.3 is 14.2 Å². The molecule has 0 amide bonds. The molecule has 0 spiro atoms. The van der Waals surface area contributed by atoms with E-state index in [1.54, 1.807) is 0 Å². The summed E-state index contributed by atoms with van der Waals surface area (Å²) in [7, 11) is 0. The lowest BCUT2D eigenvalue weighted by atomic mass is 10.1. The van der Waals surface area contributed by atoms with Gasteiger partial charge in [-0.1, -0.05) is 265 Å². The summed E-state index contributed by atoms with van der Waals surface area (Å²) >= 11 is 0. The Morgan fingerprint density at radius 2 is 0.534 bits per heavy atom. The number of rotatable bonds is 54. The lowest BCUT2D eigenvalue weighted by Crippen LogP contribution is -2.30. The van der Waals surface area contributed by atoms with Crippen molar-refractivity contribution in [3.8, 4) is 0 Å². The minimum atomic E-state index is -0.784. The van der Waals surface area contributed by atoms with Gasteiger partial charge in [0.1, 0.15) is 13.2 Å². The van der Waals surface area contributed by atoms with Crippen LogP contribution in [0.15, 0.2) is 109 Å². The molecule has 0 aliphatic rings. The normalized spacial score (nSPS) is 12.9. The summed E-state index contributed by atoms with van der Waals surface area (Å²) in [6.07, 6.45) is 82.4. The van der Waals surface area contributed by atoms with Crippen molar-refractivity contribution in [3.63, 3.8) is 0 Å². The highest BCUT2D eigenvalue weighted by Gasteiger charge is 2.19. The molecule has 0 aromatic carbocycles. The smallest absolute Gasteiger partial charge is 0.306 e. The summed E-state index contributed by atoms with van der Waals surface area (Å²) in [5.74, 6) is -0.896. The minimum Gasteiger partial charge on any atom is -0.462 e. The number of carbonyl (C=O) groups is 3. The van der Waals surface area contributed by atoms with Crippen molar-refractivity contribution in [2.45, 2.75) is 284 Å². The zero-order chi connectivity index (χ0) is 52.9. The van der Waals surface area contributed by atoms with Crippen molar-refractivity contribution in [2.75, 3.05) is 13.2 Å². The van der Waals surface area contributed by atoms with Crippen LogP contribution in [0.2, 0.25) is 0 Å². The van der Waals surface area contributed by atoms with Gasteiger partial charge in [-0.05, 0) is 103 Å². The van der Waals surface area contributed by atoms with Crippen molar-refractivity contribution >= 4 is 17.9 Å². The molecule has 1 atom stereocenters. The van der Waals surface area contributed by atoms with Crippen LogP contribution in [0, 0.1) is 0 Å². The van der Waals surface area contributed by atoms with Crippen LogP contribution in [0.3, 0.4) is 0 Å². The van der Waals surface area contributed by atoms with Crippen molar-refractivity contribution in [1.82, 2.24) is 0 Å². The Labute approximate surface area is 450 Å². The second kappa shape index (κ2) is 60.6. The molecule has 6 nitrogen and oxygen atoms in total. The van der Waals surface area contributed by atoms with Gasteiger partial charge in [-0.25, -0.2) is 0 Å². The van der Waals surface area contributed by atoms with Crippen LogP contribution in [0.1, 0.15) is 278 Å². The summed E-state index contributed by atoms with van der Waals surface area (Å²) in [5.41, 5.74) is 0. The summed E-state index contributed by atoms with van der Waals surface area (Å²) in [6.45, 7) is 6.39. The third-order valence-electron chi connectivity index (χ3n) is 12.8. The summed E-state index contributed by atoms with van der Waals surface area (Å²) < 4.78 is 16.8. The van der Waals surface area contributed by atoms with E-state index in [0.29, 0.717) is 19.3 Å². The third kappa shape index (κ3) is 58.8. The van der Waals surface area contributed by atoms with E-state index in [-0.39, 0.29) is 31.1 Å². The highest BCUT2D eigenvalue weighted by atomic mass is 16.6. The SMILES string of the molecule is CC/C=C\C/C=C\C/C=C\C/C=C\C/C=C\C/C=C\CCCCCCCCCCCCC(=O)OCC(COC(=O)CCCCCCCCCCC)OC(=O)CCCCCCCCC/C=C\C/C=C\C/C=C\CC. The summed E-state index contributed by atoms with van der Waals surface area (Å²) in [5, 5.41) is 0.